The Bertz CT molecular complexity index is 509. The lowest BCUT2D eigenvalue weighted by Crippen LogP contribution is -2.39. The first kappa shape index (κ1) is 24.1. The van der Waals surface area contributed by atoms with Crippen molar-refractivity contribution < 1.29 is 9.13 Å². The highest BCUT2D eigenvalue weighted by molar-refractivity contribution is 14.0. The average Bonchev–Trinajstić information content (AvgIpc) is 2.55. The van der Waals surface area contributed by atoms with Crippen LogP contribution in [0.2, 0.25) is 0 Å². The van der Waals surface area contributed by atoms with Crippen molar-refractivity contribution >= 4 is 29.9 Å². The molecule has 144 valence electrons. The van der Waals surface area contributed by atoms with Gasteiger partial charge in [0.25, 0.3) is 0 Å². The van der Waals surface area contributed by atoms with Gasteiger partial charge in [-0.25, -0.2) is 4.39 Å². The van der Waals surface area contributed by atoms with Gasteiger partial charge in [0.05, 0.1) is 6.54 Å². The molecule has 0 saturated heterocycles. The van der Waals surface area contributed by atoms with Crippen molar-refractivity contribution in [2.24, 2.45) is 4.99 Å². The summed E-state index contributed by atoms with van der Waals surface area (Å²) in [5, 5.41) is 6.62. The molecule has 25 heavy (non-hydrogen) atoms. The third-order valence-electron chi connectivity index (χ3n) is 3.90. The minimum atomic E-state index is -0.219. The SMILES string of the molecule is CCNC(=NCC(C)(C)c1cccc(F)c1)NCCCCCOC.I. The molecule has 4 nitrogen and oxygen atoms in total. The summed E-state index contributed by atoms with van der Waals surface area (Å²) in [5.41, 5.74) is 0.741. The van der Waals surface area contributed by atoms with E-state index in [1.807, 2.05) is 13.0 Å². The third kappa shape index (κ3) is 9.99. The zero-order valence-corrected chi connectivity index (χ0v) is 18.2. The molecular weight excluding hydrogens is 432 g/mol. The molecule has 0 atom stereocenters. The molecule has 0 spiro atoms. The lowest BCUT2D eigenvalue weighted by Gasteiger charge is -2.24. The van der Waals surface area contributed by atoms with E-state index in [2.05, 4.69) is 29.5 Å². The number of ether oxygens (including phenoxy) is 1. The quantitative estimate of drug-likeness (QED) is 0.237. The number of unbranched alkanes of at least 4 members (excludes halogenated alkanes) is 2. The van der Waals surface area contributed by atoms with Crippen molar-refractivity contribution in [2.75, 3.05) is 33.4 Å². The molecule has 1 aromatic carbocycles. The molecule has 0 aliphatic carbocycles. The van der Waals surface area contributed by atoms with Crippen molar-refractivity contribution in [1.82, 2.24) is 10.6 Å². The van der Waals surface area contributed by atoms with Gasteiger partial charge in [-0.1, -0.05) is 26.0 Å². The standard InChI is InChI=1S/C19H32FN3O.HI/c1-5-21-18(22-12-7-6-8-13-24-4)23-15-19(2,3)16-10-9-11-17(20)14-16;/h9-11,14H,5-8,12-13,15H2,1-4H3,(H2,21,22,23);1H. The van der Waals surface area contributed by atoms with Crippen molar-refractivity contribution in [1.29, 1.82) is 0 Å². The van der Waals surface area contributed by atoms with Crippen LogP contribution in [0.3, 0.4) is 0 Å². The fourth-order valence-electron chi connectivity index (χ4n) is 2.37. The maximum absolute atomic E-state index is 13.4. The Morgan fingerprint density at radius 1 is 1.20 bits per heavy atom. The predicted molar refractivity (Wildman–Crippen MR) is 115 cm³/mol. The van der Waals surface area contributed by atoms with Crippen LogP contribution >= 0.6 is 24.0 Å². The monoisotopic (exact) mass is 465 g/mol. The zero-order valence-electron chi connectivity index (χ0n) is 15.9. The number of halogens is 2. The Kier molecular flexibility index (Phi) is 12.9. The molecule has 0 aliphatic heterocycles. The Balaban J connectivity index is 0.00000576. The Morgan fingerprint density at radius 3 is 2.60 bits per heavy atom. The summed E-state index contributed by atoms with van der Waals surface area (Å²) in [5.74, 6) is 0.611. The van der Waals surface area contributed by atoms with E-state index in [1.54, 1.807) is 19.2 Å². The molecule has 2 N–H and O–H groups in total. The molecule has 0 aromatic heterocycles. The van der Waals surface area contributed by atoms with Gasteiger partial charge < -0.3 is 15.4 Å². The summed E-state index contributed by atoms with van der Waals surface area (Å²) in [6, 6.07) is 6.76. The van der Waals surface area contributed by atoms with Gasteiger partial charge >= 0.3 is 0 Å². The number of guanidine groups is 1. The number of benzene rings is 1. The lowest BCUT2D eigenvalue weighted by atomic mass is 9.85. The molecular formula is C19H33FIN3O. The zero-order chi connectivity index (χ0) is 17.8. The van der Waals surface area contributed by atoms with E-state index in [0.29, 0.717) is 6.54 Å². The van der Waals surface area contributed by atoms with Crippen LogP contribution in [-0.4, -0.2) is 39.3 Å². The van der Waals surface area contributed by atoms with E-state index in [0.717, 1.165) is 50.5 Å². The van der Waals surface area contributed by atoms with Gasteiger partial charge in [0.15, 0.2) is 5.96 Å². The summed E-state index contributed by atoms with van der Waals surface area (Å²) in [4.78, 5) is 4.67. The number of rotatable bonds is 10. The van der Waals surface area contributed by atoms with Crippen LogP contribution in [0.15, 0.2) is 29.3 Å². The highest BCUT2D eigenvalue weighted by Crippen LogP contribution is 2.24. The summed E-state index contributed by atoms with van der Waals surface area (Å²) in [6.45, 7) is 9.32. The normalized spacial score (nSPS) is 11.8. The highest BCUT2D eigenvalue weighted by atomic mass is 127. The molecule has 6 heteroatoms. The molecule has 0 heterocycles. The minimum absolute atomic E-state index is 0. The van der Waals surface area contributed by atoms with E-state index in [-0.39, 0.29) is 35.2 Å². The van der Waals surface area contributed by atoms with Crippen LogP contribution in [0, 0.1) is 5.82 Å². The molecule has 0 saturated carbocycles. The number of aliphatic imine (C=N–C) groups is 1. The number of hydrogen-bond donors (Lipinski definition) is 2. The van der Waals surface area contributed by atoms with Crippen molar-refractivity contribution in [3.05, 3.63) is 35.6 Å². The Labute approximate surface area is 169 Å². The molecule has 1 aromatic rings. The smallest absolute Gasteiger partial charge is 0.191 e. The topological polar surface area (TPSA) is 45.7 Å². The molecule has 0 amide bonds. The first-order valence-corrected chi connectivity index (χ1v) is 8.76. The van der Waals surface area contributed by atoms with Gasteiger partial charge in [-0.05, 0) is 43.9 Å². The van der Waals surface area contributed by atoms with Crippen LogP contribution in [0.4, 0.5) is 4.39 Å². The maximum Gasteiger partial charge on any atom is 0.191 e. The van der Waals surface area contributed by atoms with Crippen LogP contribution in [-0.2, 0) is 10.2 Å². The van der Waals surface area contributed by atoms with Gasteiger partial charge in [0.1, 0.15) is 5.82 Å². The fraction of sp³-hybridized carbons (Fsp3) is 0.632. The molecule has 1 rings (SSSR count). The van der Waals surface area contributed by atoms with Gasteiger partial charge in [-0.2, -0.15) is 0 Å². The second-order valence-electron chi connectivity index (χ2n) is 6.57. The largest absolute Gasteiger partial charge is 0.385 e. The lowest BCUT2D eigenvalue weighted by molar-refractivity contribution is 0.192. The highest BCUT2D eigenvalue weighted by Gasteiger charge is 2.20. The van der Waals surface area contributed by atoms with Crippen molar-refractivity contribution in [3.63, 3.8) is 0 Å². The minimum Gasteiger partial charge on any atom is -0.385 e. The first-order valence-electron chi connectivity index (χ1n) is 8.76. The maximum atomic E-state index is 13.4. The molecule has 0 fully saturated rings. The molecule has 0 unspecified atom stereocenters. The summed E-state index contributed by atoms with van der Waals surface area (Å²) in [7, 11) is 1.73. The van der Waals surface area contributed by atoms with Gasteiger partial charge in [-0.15, -0.1) is 24.0 Å². The van der Waals surface area contributed by atoms with Crippen LogP contribution < -0.4 is 10.6 Å². The first-order chi connectivity index (χ1) is 11.5. The number of methoxy groups -OCH3 is 1. The number of nitrogens with zero attached hydrogens (tertiary/aromatic N) is 1. The summed E-state index contributed by atoms with van der Waals surface area (Å²) >= 11 is 0. The molecule has 0 aliphatic rings. The molecule has 0 radical (unpaired) electrons. The van der Waals surface area contributed by atoms with E-state index >= 15 is 0 Å². The molecule has 0 bridgehead atoms. The number of hydrogen-bond acceptors (Lipinski definition) is 2. The van der Waals surface area contributed by atoms with E-state index in [9.17, 15) is 4.39 Å². The summed E-state index contributed by atoms with van der Waals surface area (Å²) in [6.07, 6.45) is 3.30. The Morgan fingerprint density at radius 2 is 1.96 bits per heavy atom. The summed E-state index contributed by atoms with van der Waals surface area (Å²) < 4.78 is 18.5. The fourth-order valence-corrected chi connectivity index (χ4v) is 2.37. The van der Waals surface area contributed by atoms with Crippen LogP contribution in [0.5, 0.6) is 0 Å². The van der Waals surface area contributed by atoms with Gasteiger partial charge in [0, 0.05) is 32.2 Å². The van der Waals surface area contributed by atoms with Crippen LogP contribution in [0.1, 0.15) is 45.6 Å². The second kappa shape index (κ2) is 13.3. The van der Waals surface area contributed by atoms with E-state index in [4.69, 9.17) is 4.74 Å². The van der Waals surface area contributed by atoms with Crippen molar-refractivity contribution in [2.45, 2.75) is 45.4 Å². The van der Waals surface area contributed by atoms with Crippen molar-refractivity contribution in [3.8, 4) is 0 Å². The predicted octanol–water partition coefficient (Wildman–Crippen LogP) is 4.09. The van der Waals surface area contributed by atoms with Crippen LogP contribution in [0.25, 0.3) is 0 Å². The average molecular weight is 465 g/mol. The van der Waals surface area contributed by atoms with Gasteiger partial charge in [0.2, 0.25) is 0 Å². The van der Waals surface area contributed by atoms with E-state index < -0.39 is 0 Å². The third-order valence-corrected chi connectivity index (χ3v) is 3.90. The van der Waals surface area contributed by atoms with E-state index in [1.165, 1.54) is 6.07 Å². The second-order valence-corrected chi connectivity index (χ2v) is 6.57. The Hall–Kier alpha value is -0.890. The van der Waals surface area contributed by atoms with Gasteiger partial charge in [-0.3, -0.25) is 4.99 Å². The number of nitrogens with one attached hydrogen (secondary N) is 2.